The maximum Gasteiger partial charge on any atom is 0.148 e. The molecular weight excluding hydrogens is 260 g/mol. The Labute approximate surface area is 125 Å². The molecule has 0 spiro atoms. The predicted molar refractivity (Wildman–Crippen MR) is 85.5 cm³/mol. The zero-order valence-corrected chi connectivity index (χ0v) is 12.3. The number of piperidine rings is 1. The van der Waals surface area contributed by atoms with E-state index in [-0.39, 0.29) is 0 Å². The molecule has 4 nitrogen and oxygen atoms in total. The van der Waals surface area contributed by atoms with E-state index < -0.39 is 0 Å². The van der Waals surface area contributed by atoms with Crippen molar-refractivity contribution in [3.8, 4) is 0 Å². The van der Waals surface area contributed by atoms with Crippen LogP contribution in [-0.2, 0) is 0 Å². The van der Waals surface area contributed by atoms with Gasteiger partial charge in [-0.15, -0.1) is 0 Å². The Morgan fingerprint density at radius 2 is 1.95 bits per heavy atom. The third-order valence-electron chi connectivity index (χ3n) is 4.84. The first-order valence-corrected chi connectivity index (χ1v) is 8.14. The molecule has 2 atom stereocenters. The molecule has 2 aliphatic heterocycles. The van der Waals surface area contributed by atoms with Crippen molar-refractivity contribution in [1.29, 1.82) is 0 Å². The Morgan fingerprint density at radius 3 is 2.81 bits per heavy atom. The van der Waals surface area contributed by atoms with Crippen molar-refractivity contribution in [1.82, 2.24) is 15.3 Å². The van der Waals surface area contributed by atoms with Gasteiger partial charge in [-0.05, 0) is 50.8 Å². The van der Waals surface area contributed by atoms with E-state index in [9.17, 15) is 0 Å². The summed E-state index contributed by atoms with van der Waals surface area (Å²) < 4.78 is 0. The Hall–Kier alpha value is -1.68. The average Bonchev–Trinajstić information content (AvgIpc) is 3.09. The number of para-hydroxylation sites is 2. The third kappa shape index (κ3) is 2.48. The van der Waals surface area contributed by atoms with E-state index in [2.05, 4.69) is 21.3 Å². The van der Waals surface area contributed by atoms with Gasteiger partial charge in [0.15, 0.2) is 0 Å². The second-order valence-corrected chi connectivity index (χ2v) is 6.18. The third-order valence-corrected chi connectivity index (χ3v) is 4.84. The van der Waals surface area contributed by atoms with Crippen molar-refractivity contribution in [3.05, 3.63) is 30.5 Å². The van der Waals surface area contributed by atoms with Gasteiger partial charge in [0.05, 0.1) is 17.2 Å². The molecule has 1 aromatic carbocycles. The summed E-state index contributed by atoms with van der Waals surface area (Å²) in [7, 11) is 0. The van der Waals surface area contributed by atoms with Gasteiger partial charge in [0.2, 0.25) is 0 Å². The van der Waals surface area contributed by atoms with Crippen LogP contribution < -0.4 is 10.2 Å². The topological polar surface area (TPSA) is 41.1 Å². The summed E-state index contributed by atoms with van der Waals surface area (Å²) in [4.78, 5) is 11.9. The molecule has 1 aromatic heterocycles. The van der Waals surface area contributed by atoms with E-state index >= 15 is 0 Å². The highest BCUT2D eigenvalue weighted by atomic mass is 15.2. The van der Waals surface area contributed by atoms with E-state index in [0.29, 0.717) is 12.1 Å². The summed E-state index contributed by atoms with van der Waals surface area (Å²) in [6.45, 7) is 2.27. The number of fused-ring (bicyclic) bond motifs is 1. The van der Waals surface area contributed by atoms with Crippen molar-refractivity contribution < 1.29 is 0 Å². The van der Waals surface area contributed by atoms with Crippen LogP contribution in [0.1, 0.15) is 32.1 Å². The minimum absolute atomic E-state index is 0.580. The first-order valence-electron chi connectivity index (χ1n) is 8.14. The van der Waals surface area contributed by atoms with Crippen molar-refractivity contribution in [2.24, 2.45) is 0 Å². The maximum absolute atomic E-state index is 4.86. The van der Waals surface area contributed by atoms with Crippen LogP contribution >= 0.6 is 0 Å². The summed E-state index contributed by atoms with van der Waals surface area (Å²) >= 11 is 0. The Balaban J connectivity index is 1.67. The highest BCUT2D eigenvalue weighted by molar-refractivity contribution is 5.75. The average molecular weight is 282 g/mol. The van der Waals surface area contributed by atoms with Crippen molar-refractivity contribution >= 4 is 16.9 Å². The van der Waals surface area contributed by atoms with Crippen LogP contribution in [0.3, 0.4) is 0 Å². The standard InChI is InChI=1S/C17H22N4/c1-2-7-14-13(6-1)19-12-17(20-14)21-11-4-3-9-16(21)15-8-5-10-18-15/h1-2,6-7,12,15-16,18H,3-5,8-11H2. The van der Waals surface area contributed by atoms with Crippen LogP contribution in [0.15, 0.2) is 30.5 Å². The predicted octanol–water partition coefficient (Wildman–Crippen LogP) is 2.74. The molecule has 1 N–H and O–H groups in total. The molecular formula is C17H22N4. The van der Waals surface area contributed by atoms with E-state index in [0.717, 1.165) is 23.4 Å². The van der Waals surface area contributed by atoms with Gasteiger partial charge in [-0.3, -0.25) is 4.98 Å². The van der Waals surface area contributed by atoms with E-state index in [1.165, 1.54) is 38.6 Å². The number of nitrogens with zero attached hydrogens (tertiary/aromatic N) is 3. The lowest BCUT2D eigenvalue weighted by molar-refractivity contribution is 0.376. The van der Waals surface area contributed by atoms with Gasteiger partial charge >= 0.3 is 0 Å². The fourth-order valence-electron chi connectivity index (χ4n) is 3.79. The summed E-state index contributed by atoms with van der Waals surface area (Å²) in [5.74, 6) is 1.05. The lowest BCUT2D eigenvalue weighted by atomic mass is 9.94. The molecule has 2 aromatic rings. The summed E-state index contributed by atoms with van der Waals surface area (Å²) in [6, 6.07) is 9.34. The molecule has 4 rings (SSSR count). The number of aromatic nitrogens is 2. The Bertz CT molecular complexity index is 621. The van der Waals surface area contributed by atoms with Crippen LogP contribution in [0.2, 0.25) is 0 Å². The summed E-state index contributed by atoms with van der Waals surface area (Å²) in [5, 5.41) is 3.67. The molecule has 3 heterocycles. The summed E-state index contributed by atoms with van der Waals surface area (Å²) in [6.07, 6.45) is 8.42. The van der Waals surface area contributed by atoms with Crippen LogP contribution in [0.4, 0.5) is 5.82 Å². The lowest BCUT2D eigenvalue weighted by Crippen LogP contribution is -2.50. The molecule has 21 heavy (non-hydrogen) atoms. The highest BCUT2D eigenvalue weighted by Crippen LogP contribution is 2.28. The minimum atomic E-state index is 0.580. The Kier molecular flexibility index (Phi) is 3.47. The largest absolute Gasteiger partial charge is 0.351 e. The lowest BCUT2D eigenvalue weighted by Gasteiger charge is -2.40. The molecule has 110 valence electrons. The number of hydrogen-bond donors (Lipinski definition) is 1. The monoisotopic (exact) mass is 282 g/mol. The molecule has 0 bridgehead atoms. The van der Waals surface area contributed by atoms with Crippen molar-refractivity contribution in [2.75, 3.05) is 18.0 Å². The van der Waals surface area contributed by atoms with E-state index in [1.54, 1.807) is 0 Å². The van der Waals surface area contributed by atoms with Gasteiger partial charge in [0, 0.05) is 18.6 Å². The fourth-order valence-corrected chi connectivity index (χ4v) is 3.79. The first kappa shape index (κ1) is 13.0. The van der Waals surface area contributed by atoms with Crippen LogP contribution in [-0.4, -0.2) is 35.1 Å². The van der Waals surface area contributed by atoms with Gasteiger partial charge in [-0.1, -0.05) is 12.1 Å². The van der Waals surface area contributed by atoms with E-state index in [4.69, 9.17) is 4.98 Å². The molecule has 0 amide bonds. The highest BCUT2D eigenvalue weighted by Gasteiger charge is 2.32. The second-order valence-electron chi connectivity index (χ2n) is 6.18. The van der Waals surface area contributed by atoms with Crippen molar-refractivity contribution in [3.63, 3.8) is 0 Å². The number of hydrogen-bond acceptors (Lipinski definition) is 4. The zero-order valence-electron chi connectivity index (χ0n) is 12.3. The number of nitrogens with one attached hydrogen (secondary N) is 1. The molecule has 4 heteroatoms. The fraction of sp³-hybridized carbons (Fsp3) is 0.529. The second kappa shape index (κ2) is 5.60. The van der Waals surface area contributed by atoms with Crippen LogP contribution in [0.25, 0.3) is 11.0 Å². The van der Waals surface area contributed by atoms with Gasteiger partial charge in [-0.25, -0.2) is 4.98 Å². The SMILES string of the molecule is c1ccc2nc(N3CCCCC3C3CCCN3)cnc2c1. The van der Waals surface area contributed by atoms with Crippen LogP contribution in [0.5, 0.6) is 0 Å². The number of rotatable bonds is 2. The van der Waals surface area contributed by atoms with Gasteiger partial charge in [-0.2, -0.15) is 0 Å². The first-order chi connectivity index (χ1) is 10.4. The quantitative estimate of drug-likeness (QED) is 0.919. The van der Waals surface area contributed by atoms with Gasteiger partial charge in [0.25, 0.3) is 0 Å². The molecule has 2 unspecified atom stereocenters. The molecule has 2 aliphatic rings. The zero-order chi connectivity index (χ0) is 14.1. The molecule has 2 saturated heterocycles. The van der Waals surface area contributed by atoms with E-state index in [1.807, 2.05) is 24.4 Å². The maximum atomic E-state index is 4.86. The Morgan fingerprint density at radius 1 is 1.05 bits per heavy atom. The molecule has 0 radical (unpaired) electrons. The summed E-state index contributed by atoms with van der Waals surface area (Å²) in [5.41, 5.74) is 1.98. The number of benzene rings is 1. The van der Waals surface area contributed by atoms with Crippen molar-refractivity contribution in [2.45, 2.75) is 44.2 Å². The molecule has 0 saturated carbocycles. The number of anilines is 1. The molecule has 2 fully saturated rings. The normalized spacial score (nSPS) is 26.4. The smallest absolute Gasteiger partial charge is 0.148 e. The van der Waals surface area contributed by atoms with Crippen LogP contribution in [0, 0.1) is 0 Å². The van der Waals surface area contributed by atoms with Gasteiger partial charge < -0.3 is 10.2 Å². The molecule has 0 aliphatic carbocycles. The van der Waals surface area contributed by atoms with Gasteiger partial charge in [0.1, 0.15) is 5.82 Å². The minimum Gasteiger partial charge on any atom is -0.351 e.